The van der Waals surface area contributed by atoms with Crippen LogP contribution in [0.25, 0.3) is 23.0 Å². The monoisotopic (exact) mass is 499 g/mol. The number of hydrogen-bond donors (Lipinski definition) is 1. The van der Waals surface area contributed by atoms with Gasteiger partial charge < -0.3 is 5.32 Å². The summed E-state index contributed by atoms with van der Waals surface area (Å²) in [5.41, 5.74) is 2.99. The van der Waals surface area contributed by atoms with Gasteiger partial charge in [0.15, 0.2) is 16.8 Å². The lowest BCUT2D eigenvalue weighted by Crippen LogP contribution is -2.27. The van der Waals surface area contributed by atoms with Crippen LogP contribution in [0.1, 0.15) is 36.6 Å². The summed E-state index contributed by atoms with van der Waals surface area (Å²) in [4.78, 5) is 4.92. The van der Waals surface area contributed by atoms with E-state index in [1.54, 1.807) is 0 Å². The summed E-state index contributed by atoms with van der Waals surface area (Å²) in [7, 11) is 0. The van der Waals surface area contributed by atoms with E-state index in [0.29, 0.717) is 21.3 Å². The Balaban J connectivity index is 1.78. The van der Waals surface area contributed by atoms with Gasteiger partial charge >= 0.3 is 0 Å². The van der Waals surface area contributed by atoms with Crippen LogP contribution in [0.15, 0.2) is 34.8 Å². The summed E-state index contributed by atoms with van der Waals surface area (Å²) in [5, 5.41) is 15.9. The highest BCUT2D eigenvalue weighted by Crippen LogP contribution is 2.34. The lowest BCUT2D eigenvalue weighted by Gasteiger charge is -2.14. The Morgan fingerprint density at radius 2 is 2.03 bits per heavy atom. The topological polar surface area (TPSA) is 48.7 Å². The fourth-order valence-electron chi connectivity index (χ4n) is 3.90. The number of nitriles is 1. The Kier molecular flexibility index (Phi) is 6.22. The van der Waals surface area contributed by atoms with E-state index >= 15 is 0 Å². The molecule has 3 nitrogen and oxygen atoms in total. The van der Waals surface area contributed by atoms with E-state index in [9.17, 15) is 14.0 Å². The molecule has 1 atom stereocenters. The smallest absolute Gasteiger partial charge is 0.188 e. The molecule has 0 bridgehead atoms. The molecule has 3 aromatic rings. The molecule has 1 heterocycles. The number of nitrogens with one attached hydrogen (secondary N) is 1. The molecular formula is C24H20BrF2N3S. The van der Waals surface area contributed by atoms with Gasteiger partial charge in [0.05, 0.1) is 0 Å². The second-order valence-corrected chi connectivity index (χ2v) is 9.49. The molecule has 2 aromatic carbocycles. The fourth-order valence-corrected chi connectivity index (χ4v) is 5.27. The largest absolute Gasteiger partial charge is 0.334 e. The number of hydrogen-bond acceptors (Lipinski definition) is 4. The van der Waals surface area contributed by atoms with Crippen molar-refractivity contribution in [1.82, 2.24) is 4.98 Å². The minimum atomic E-state index is -0.961. The van der Waals surface area contributed by atoms with Crippen LogP contribution in [-0.2, 0) is 0 Å². The molecule has 0 saturated carbocycles. The maximum absolute atomic E-state index is 13.7. The first-order valence-electron chi connectivity index (χ1n) is 10.1. The maximum Gasteiger partial charge on any atom is 0.188 e. The molecule has 0 amide bonds. The Labute approximate surface area is 191 Å². The zero-order chi connectivity index (χ0) is 22.1. The first-order valence-corrected chi connectivity index (χ1v) is 11.7. The number of aryl methyl sites for hydroxylation is 1. The van der Waals surface area contributed by atoms with Gasteiger partial charge in [-0.15, -0.1) is 0 Å². The van der Waals surface area contributed by atoms with Crippen LogP contribution in [0.4, 0.5) is 13.9 Å². The molecule has 1 unspecified atom stereocenters. The molecule has 7 heteroatoms. The van der Waals surface area contributed by atoms with Crippen molar-refractivity contribution in [1.29, 1.82) is 5.26 Å². The molecule has 1 aliphatic carbocycles. The van der Waals surface area contributed by atoms with Crippen molar-refractivity contribution in [3.8, 4) is 17.3 Å². The molecule has 0 spiro atoms. The highest BCUT2D eigenvalue weighted by Gasteiger charge is 2.22. The lowest BCUT2D eigenvalue weighted by molar-refractivity contribution is 0.509. The maximum atomic E-state index is 13.7. The van der Waals surface area contributed by atoms with Crippen LogP contribution in [0, 0.1) is 35.8 Å². The van der Waals surface area contributed by atoms with Crippen LogP contribution >= 0.6 is 27.3 Å². The average Bonchev–Trinajstić information content (AvgIpc) is 3.30. The molecule has 0 saturated heterocycles. The zero-order valence-corrected chi connectivity index (χ0v) is 19.5. The third kappa shape index (κ3) is 4.28. The summed E-state index contributed by atoms with van der Waals surface area (Å²) in [6.45, 7) is 4.27. The normalized spacial score (nSPS) is 14.8. The zero-order valence-electron chi connectivity index (χ0n) is 17.1. The van der Waals surface area contributed by atoms with Gasteiger partial charge in [-0.25, -0.2) is 13.8 Å². The van der Waals surface area contributed by atoms with Gasteiger partial charge in [-0.1, -0.05) is 53.1 Å². The third-order valence-electron chi connectivity index (χ3n) is 5.41. The summed E-state index contributed by atoms with van der Waals surface area (Å²) in [6, 6.07) is 9.90. The first kappa shape index (κ1) is 21.7. The summed E-state index contributed by atoms with van der Waals surface area (Å²) >= 11 is 4.81. The summed E-state index contributed by atoms with van der Waals surface area (Å²) in [5.74, 6) is -1.66. The molecule has 1 aliphatic rings. The van der Waals surface area contributed by atoms with Gasteiger partial charge in [-0.05, 0) is 54.5 Å². The number of benzene rings is 2. The van der Waals surface area contributed by atoms with Gasteiger partial charge in [0, 0.05) is 26.9 Å². The Morgan fingerprint density at radius 3 is 2.74 bits per heavy atom. The second kappa shape index (κ2) is 8.89. The molecule has 1 N–H and O–H groups in total. The number of aromatic nitrogens is 1. The van der Waals surface area contributed by atoms with E-state index in [1.807, 2.05) is 0 Å². The molecule has 1 aromatic heterocycles. The predicted molar refractivity (Wildman–Crippen MR) is 125 cm³/mol. The number of unbranched alkanes of at least 4 members (excludes halogenated alkanes) is 1. The SMILES string of the molecule is CCCCC1C=c2c(C)cc(Br)cc2=C1Nc1nc(-c2ccc(F)c(F)c2)c(C#N)s1. The second-order valence-electron chi connectivity index (χ2n) is 7.58. The highest BCUT2D eigenvalue weighted by atomic mass is 79.9. The van der Waals surface area contributed by atoms with E-state index in [-0.39, 0.29) is 5.92 Å². The summed E-state index contributed by atoms with van der Waals surface area (Å²) in [6.07, 6.45) is 5.51. The van der Waals surface area contributed by atoms with E-state index in [4.69, 9.17) is 0 Å². The van der Waals surface area contributed by atoms with E-state index in [2.05, 4.69) is 64.4 Å². The number of nitrogens with zero attached hydrogens (tertiary/aromatic N) is 2. The van der Waals surface area contributed by atoms with Crippen LogP contribution in [-0.4, -0.2) is 4.98 Å². The molecule has 0 radical (unpaired) electrons. The molecule has 0 fully saturated rings. The lowest BCUT2D eigenvalue weighted by atomic mass is 10.0. The molecular weight excluding hydrogens is 480 g/mol. The molecule has 31 heavy (non-hydrogen) atoms. The molecule has 4 rings (SSSR count). The number of halogens is 3. The Hall–Kier alpha value is -2.56. The van der Waals surface area contributed by atoms with Gasteiger partial charge in [0.25, 0.3) is 0 Å². The van der Waals surface area contributed by atoms with Crippen LogP contribution in [0.2, 0.25) is 0 Å². The van der Waals surface area contributed by atoms with E-state index in [0.717, 1.165) is 46.8 Å². The van der Waals surface area contributed by atoms with E-state index < -0.39 is 11.6 Å². The van der Waals surface area contributed by atoms with E-state index in [1.165, 1.54) is 28.2 Å². The number of rotatable bonds is 6. The van der Waals surface area contributed by atoms with Gasteiger partial charge in [-0.3, -0.25) is 0 Å². The Bertz CT molecular complexity index is 1320. The van der Waals surface area contributed by atoms with Crippen molar-refractivity contribution in [2.45, 2.75) is 33.1 Å². The van der Waals surface area contributed by atoms with Crippen LogP contribution < -0.4 is 15.8 Å². The van der Waals surface area contributed by atoms with Gasteiger partial charge in [0.1, 0.15) is 16.6 Å². The summed E-state index contributed by atoms with van der Waals surface area (Å²) < 4.78 is 28.1. The average molecular weight is 500 g/mol. The third-order valence-corrected chi connectivity index (χ3v) is 6.75. The standard InChI is InChI=1S/C24H20BrF2N3S/c1-3-4-5-14-9-17-13(2)8-16(25)11-18(17)22(14)29-24-30-23(21(12-28)31-24)15-6-7-19(26)20(27)10-15/h6-11,14H,3-5H2,1-2H3,(H,29,30). The van der Waals surface area contributed by atoms with Crippen molar-refractivity contribution in [2.24, 2.45) is 5.92 Å². The Morgan fingerprint density at radius 1 is 1.23 bits per heavy atom. The van der Waals surface area contributed by atoms with Crippen LogP contribution in [0.5, 0.6) is 0 Å². The number of fused-ring (bicyclic) bond motifs is 1. The quantitative estimate of drug-likeness (QED) is 0.462. The van der Waals surface area contributed by atoms with Crippen molar-refractivity contribution in [3.63, 3.8) is 0 Å². The van der Waals surface area contributed by atoms with Crippen molar-refractivity contribution >= 4 is 44.2 Å². The number of anilines is 1. The predicted octanol–water partition coefficient (Wildman–Crippen LogP) is 5.85. The number of thiazole rings is 1. The first-order chi connectivity index (χ1) is 14.9. The minimum absolute atomic E-state index is 0.226. The van der Waals surface area contributed by atoms with Gasteiger partial charge in [-0.2, -0.15) is 5.26 Å². The molecule has 0 aliphatic heterocycles. The van der Waals surface area contributed by atoms with Crippen molar-refractivity contribution in [3.05, 3.63) is 67.3 Å². The van der Waals surface area contributed by atoms with Crippen molar-refractivity contribution in [2.75, 3.05) is 5.32 Å². The van der Waals surface area contributed by atoms with Gasteiger partial charge in [0.2, 0.25) is 0 Å². The minimum Gasteiger partial charge on any atom is -0.334 e. The molecule has 158 valence electrons. The fraction of sp³-hybridized carbons (Fsp3) is 0.250. The van der Waals surface area contributed by atoms with Crippen molar-refractivity contribution < 1.29 is 8.78 Å². The van der Waals surface area contributed by atoms with Crippen LogP contribution in [0.3, 0.4) is 0 Å². The highest BCUT2D eigenvalue weighted by molar-refractivity contribution is 9.10.